The number of hydrogen-bond donors (Lipinski definition) is 1. The Bertz CT molecular complexity index is 768. The summed E-state index contributed by atoms with van der Waals surface area (Å²) in [7, 11) is 0. The number of nitrogens with one attached hydrogen (secondary N) is 1. The number of pyridine rings is 1. The highest BCUT2D eigenvalue weighted by atomic mass is 35.5. The van der Waals surface area contributed by atoms with E-state index in [1.165, 1.54) is 11.1 Å². The van der Waals surface area contributed by atoms with E-state index in [-0.39, 0.29) is 11.5 Å². The molecule has 1 atom stereocenters. The minimum absolute atomic E-state index is 0.0942. The van der Waals surface area contributed by atoms with E-state index >= 15 is 0 Å². The molecule has 5 nitrogen and oxygen atoms in total. The molecule has 1 unspecified atom stereocenters. The Morgan fingerprint density at radius 3 is 2.87 bits per heavy atom. The third-order valence-electron chi connectivity index (χ3n) is 3.62. The fraction of sp³-hybridized carbons (Fsp3) is 0.188. The predicted octanol–water partition coefficient (Wildman–Crippen LogP) is 2.19. The van der Waals surface area contributed by atoms with E-state index < -0.39 is 17.8 Å². The van der Waals surface area contributed by atoms with E-state index in [2.05, 4.69) is 10.3 Å². The van der Waals surface area contributed by atoms with Crippen LogP contribution in [0.4, 0.5) is 4.39 Å². The van der Waals surface area contributed by atoms with Gasteiger partial charge in [0, 0.05) is 29.9 Å². The molecule has 1 aromatic carbocycles. The molecule has 0 aliphatic carbocycles. The molecule has 2 heterocycles. The third kappa shape index (κ3) is 3.03. The largest absolute Gasteiger partial charge is 0.352 e. The highest BCUT2D eigenvalue weighted by Gasteiger charge is 2.36. The van der Waals surface area contributed by atoms with E-state index in [4.69, 9.17) is 11.6 Å². The minimum atomic E-state index is -0.854. The molecule has 3 rings (SSSR count). The number of nitrogens with zero attached hydrogens (tertiary/aromatic N) is 2. The second-order valence-electron chi connectivity index (χ2n) is 5.11. The maximum Gasteiger partial charge on any atom is 0.256 e. The zero-order valence-corrected chi connectivity index (χ0v) is 12.8. The van der Waals surface area contributed by atoms with Gasteiger partial charge in [0.1, 0.15) is 11.9 Å². The molecule has 118 valence electrons. The van der Waals surface area contributed by atoms with Crippen molar-refractivity contribution in [1.29, 1.82) is 0 Å². The van der Waals surface area contributed by atoms with E-state index in [1.807, 2.05) is 0 Å². The van der Waals surface area contributed by atoms with E-state index in [0.717, 1.165) is 12.3 Å². The fourth-order valence-corrected chi connectivity index (χ4v) is 2.83. The first-order valence-corrected chi connectivity index (χ1v) is 7.39. The molecule has 2 amide bonds. The van der Waals surface area contributed by atoms with Gasteiger partial charge in [0.15, 0.2) is 0 Å². The lowest BCUT2D eigenvalue weighted by Gasteiger charge is -2.35. The lowest BCUT2D eigenvalue weighted by Crippen LogP contribution is -2.52. The number of halogens is 2. The molecular weight excluding hydrogens is 321 g/mol. The summed E-state index contributed by atoms with van der Waals surface area (Å²) < 4.78 is 13.3. The van der Waals surface area contributed by atoms with Crippen molar-refractivity contribution in [2.24, 2.45) is 0 Å². The molecule has 0 spiro atoms. The number of benzene rings is 1. The highest BCUT2D eigenvalue weighted by molar-refractivity contribution is 6.31. The standard InChI is InChI=1S/C16H13ClFN3O2/c17-13-4-2-1-3-12(13)14-15(22)20-5-6-21(14)16(23)10-7-11(18)9-19-8-10/h1-4,7-9,14H,5-6H2,(H,20,22). The molecule has 1 saturated heterocycles. The average Bonchev–Trinajstić information content (AvgIpc) is 2.55. The van der Waals surface area contributed by atoms with Crippen LogP contribution in [0.3, 0.4) is 0 Å². The van der Waals surface area contributed by atoms with Crippen molar-refractivity contribution in [2.75, 3.05) is 13.1 Å². The maximum absolute atomic E-state index is 13.3. The van der Waals surface area contributed by atoms with Gasteiger partial charge >= 0.3 is 0 Å². The van der Waals surface area contributed by atoms with Gasteiger partial charge in [0.2, 0.25) is 5.91 Å². The van der Waals surface area contributed by atoms with Gasteiger partial charge in [0.25, 0.3) is 5.91 Å². The number of rotatable bonds is 2. The first-order valence-electron chi connectivity index (χ1n) is 7.01. The zero-order chi connectivity index (χ0) is 16.4. The van der Waals surface area contributed by atoms with Gasteiger partial charge < -0.3 is 10.2 Å². The first-order chi connectivity index (χ1) is 11.1. The van der Waals surface area contributed by atoms with Gasteiger partial charge in [-0.3, -0.25) is 14.6 Å². The molecule has 2 aromatic rings. The Balaban J connectivity index is 2.00. The molecule has 23 heavy (non-hydrogen) atoms. The predicted molar refractivity (Wildman–Crippen MR) is 82.4 cm³/mol. The number of aromatic nitrogens is 1. The van der Waals surface area contributed by atoms with E-state index in [1.54, 1.807) is 24.3 Å². The molecule has 1 fully saturated rings. The summed E-state index contributed by atoms with van der Waals surface area (Å²) >= 11 is 6.17. The Kier molecular flexibility index (Phi) is 4.25. The smallest absolute Gasteiger partial charge is 0.256 e. The van der Waals surface area contributed by atoms with Gasteiger partial charge in [-0.05, 0) is 12.1 Å². The van der Waals surface area contributed by atoms with Crippen LogP contribution in [0.1, 0.15) is 22.0 Å². The van der Waals surface area contributed by atoms with Crippen molar-refractivity contribution in [1.82, 2.24) is 15.2 Å². The molecular formula is C16H13ClFN3O2. The van der Waals surface area contributed by atoms with Crippen LogP contribution in [-0.4, -0.2) is 34.8 Å². The van der Waals surface area contributed by atoms with Crippen LogP contribution >= 0.6 is 11.6 Å². The van der Waals surface area contributed by atoms with Crippen LogP contribution in [0.2, 0.25) is 5.02 Å². The summed E-state index contributed by atoms with van der Waals surface area (Å²) in [5, 5.41) is 3.12. The molecule has 1 aliphatic rings. The quantitative estimate of drug-likeness (QED) is 0.916. The van der Waals surface area contributed by atoms with Crippen LogP contribution in [0, 0.1) is 5.82 Å². The van der Waals surface area contributed by atoms with Crippen molar-refractivity contribution in [3.05, 3.63) is 64.7 Å². The number of hydrogen-bond acceptors (Lipinski definition) is 3. The average molecular weight is 334 g/mol. The fourth-order valence-electron chi connectivity index (χ4n) is 2.59. The number of carbonyl (C=O) groups is 2. The van der Waals surface area contributed by atoms with Gasteiger partial charge in [-0.1, -0.05) is 29.8 Å². The second kappa shape index (κ2) is 6.34. The van der Waals surface area contributed by atoms with E-state index in [0.29, 0.717) is 23.7 Å². The maximum atomic E-state index is 13.3. The van der Waals surface area contributed by atoms with Crippen LogP contribution in [0.25, 0.3) is 0 Å². The lowest BCUT2D eigenvalue weighted by molar-refractivity contribution is -0.128. The monoisotopic (exact) mass is 333 g/mol. The summed E-state index contributed by atoms with van der Waals surface area (Å²) in [6.45, 7) is 0.630. The first kappa shape index (κ1) is 15.4. The minimum Gasteiger partial charge on any atom is -0.352 e. The Morgan fingerprint density at radius 2 is 2.13 bits per heavy atom. The van der Waals surface area contributed by atoms with Gasteiger partial charge in [-0.15, -0.1) is 0 Å². The van der Waals surface area contributed by atoms with Crippen molar-refractivity contribution in [3.63, 3.8) is 0 Å². The zero-order valence-electron chi connectivity index (χ0n) is 12.0. The van der Waals surface area contributed by atoms with Crippen LogP contribution in [0.15, 0.2) is 42.7 Å². The van der Waals surface area contributed by atoms with Gasteiger partial charge in [-0.2, -0.15) is 0 Å². The molecule has 0 bridgehead atoms. The number of piperazine rings is 1. The molecule has 0 radical (unpaired) electrons. The molecule has 1 aromatic heterocycles. The Morgan fingerprint density at radius 1 is 1.35 bits per heavy atom. The summed E-state index contributed by atoms with van der Waals surface area (Å²) in [5.41, 5.74) is 0.626. The van der Waals surface area contributed by atoms with Gasteiger partial charge in [-0.25, -0.2) is 4.39 Å². The molecule has 1 aliphatic heterocycles. The summed E-state index contributed by atoms with van der Waals surface area (Å²) in [5.74, 6) is -1.38. The van der Waals surface area contributed by atoms with Crippen molar-refractivity contribution >= 4 is 23.4 Å². The van der Waals surface area contributed by atoms with Gasteiger partial charge in [0.05, 0.1) is 11.8 Å². The topological polar surface area (TPSA) is 62.3 Å². The molecule has 0 saturated carbocycles. The third-order valence-corrected chi connectivity index (χ3v) is 3.97. The van der Waals surface area contributed by atoms with Crippen LogP contribution < -0.4 is 5.32 Å². The number of carbonyl (C=O) groups excluding carboxylic acids is 2. The normalized spacial score (nSPS) is 17.7. The Hall–Kier alpha value is -2.47. The number of amides is 2. The van der Waals surface area contributed by atoms with Crippen molar-refractivity contribution < 1.29 is 14.0 Å². The lowest BCUT2D eigenvalue weighted by atomic mass is 10.0. The SMILES string of the molecule is O=C1NCCN(C(=O)c2cncc(F)c2)C1c1ccccc1Cl. The second-order valence-corrected chi connectivity index (χ2v) is 5.51. The van der Waals surface area contributed by atoms with Crippen LogP contribution in [0.5, 0.6) is 0 Å². The highest BCUT2D eigenvalue weighted by Crippen LogP contribution is 2.30. The van der Waals surface area contributed by atoms with Crippen molar-refractivity contribution in [2.45, 2.75) is 6.04 Å². The summed E-state index contributed by atoms with van der Waals surface area (Å²) in [4.78, 5) is 30.1. The molecule has 7 heteroatoms. The summed E-state index contributed by atoms with van der Waals surface area (Å²) in [6, 6.07) is 7.09. The molecule has 1 N–H and O–H groups in total. The van der Waals surface area contributed by atoms with Crippen molar-refractivity contribution in [3.8, 4) is 0 Å². The Labute approximate surface area is 137 Å². The van der Waals surface area contributed by atoms with E-state index in [9.17, 15) is 14.0 Å². The van der Waals surface area contributed by atoms with Crippen LogP contribution in [-0.2, 0) is 4.79 Å². The summed E-state index contributed by atoms with van der Waals surface area (Å²) in [6.07, 6.45) is 2.30.